The van der Waals surface area contributed by atoms with E-state index in [2.05, 4.69) is 12.2 Å². The van der Waals surface area contributed by atoms with Gasteiger partial charge < -0.3 is 5.32 Å². The average molecular weight is 536 g/mol. The first kappa shape index (κ1) is 27.1. The van der Waals surface area contributed by atoms with Crippen molar-refractivity contribution < 1.29 is 14.4 Å². The minimum absolute atomic E-state index is 0.148. The zero-order chi connectivity index (χ0) is 26.5. The molecule has 2 aliphatic heterocycles. The molecule has 2 aliphatic rings. The van der Waals surface area contributed by atoms with E-state index in [4.69, 9.17) is 12.2 Å². The molecule has 8 heteroatoms. The number of anilines is 2. The summed E-state index contributed by atoms with van der Waals surface area (Å²) < 4.78 is 0.484. The number of unbranched alkanes of at least 4 members (excludes halogenated alkanes) is 5. The molecule has 6 nitrogen and oxygen atoms in total. The molecule has 0 aliphatic carbocycles. The Labute approximate surface area is 228 Å². The van der Waals surface area contributed by atoms with E-state index >= 15 is 0 Å². The highest BCUT2D eigenvalue weighted by Gasteiger charge is 2.42. The molecule has 37 heavy (non-hydrogen) atoms. The number of carbonyl (C=O) groups is 3. The Hall–Kier alpha value is -2.97. The number of aryl methyl sites for hydroxylation is 2. The number of hydrogen-bond acceptors (Lipinski definition) is 5. The van der Waals surface area contributed by atoms with Crippen LogP contribution in [-0.2, 0) is 14.4 Å². The van der Waals surface area contributed by atoms with Gasteiger partial charge in [-0.15, -0.1) is 0 Å². The van der Waals surface area contributed by atoms with Crippen molar-refractivity contribution >= 4 is 63.0 Å². The molecule has 4 rings (SSSR count). The highest BCUT2D eigenvalue weighted by molar-refractivity contribution is 8.26. The van der Waals surface area contributed by atoms with Crippen molar-refractivity contribution in [1.29, 1.82) is 0 Å². The van der Waals surface area contributed by atoms with Crippen LogP contribution in [0.2, 0.25) is 0 Å². The first-order valence-corrected chi connectivity index (χ1v) is 14.1. The van der Waals surface area contributed by atoms with Crippen LogP contribution in [0, 0.1) is 13.8 Å². The van der Waals surface area contributed by atoms with Crippen molar-refractivity contribution in [2.24, 2.45) is 0 Å². The summed E-state index contributed by atoms with van der Waals surface area (Å²) in [6, 6.07) is 13.0. The van der Waals surface area contributed by atoms with Gasteiger partial charge in [-0.25, -0.2) is 0 Å². The van der Waals surface area contributed by atoms with Crippen LogP contribution in [0.25, 0.3) is 5.57 Å². The molecule has 1 saturated heterocycles. The van der Waals surface area contributed by atoms with Gasteiger partial charge in [0.05, 0.1) is 16.2 Å². The first-order chi connectivity index (χ1) is 17.8. The molecule has 2 aromatic rings. The average Bonchev–Trinajstić information content (AvgIpc) is 3.30. The molecule has 0 atom stereocenters. The van der Waals surface area contributed by atoms with E-state index in [1.165, 1.54) is 35.9 Å². The normalized spacial score (nSPS) is 17.1. The molecule has 2 aromatic carbocycles. The molecule has 0 unspecified atom stereocenters. The van der Waals surface area contributed by atoms with Crippen LogP contribution in [0.15, 0.2) is 47.4 Å². The van der Waals surface area contributed by atoms with Gasteiger partial charge in [0.15, 0.2) is 0 Å². The Kier molecular flexibility index (Phi) is 8.82. The molecule has 0 bridgehead atoms. The zero-order valence-corrected chi connectivity index (χ0v) is 23.3. The molecule has 0 aromatic heterocycles. The summed E-state index contributed by atoms with van der Waals surface area (Å²) in [4.78, 5) is 43.3. The third kappa shape index (κ3) is 5.96. The lowest BCUT2D eigenvalue weighted by Gasteiger charge is -2.17. The molecule has 1 N–H and O–H groups in total. The molecule has 0 spiro atoms. The van der Waals surface area contributed by atoms with E-state index in [0.29, 0.717) is 38.3 Å². The number of para-hydroxylation sites is 1. The van der Waals surface area contributed by atoms with Gasteiger partial charge in [-0.1, -0.05) is 87.3 Å². The monoisotopic (exact) mass is 535 g/mol. The Balaban J connectivity index is 1.51. The fourth-order valence-corrected chi connectivity index (χ4v) is 5.99. The fourth-order valence-electron chi connectivity index (χ4n) is 4.61. The number of nitrogens with zero attached hydrogens (tertiary/aromatic N) is 2. The van der Waals surface area contributed by atoms with Gasteiger partial charge in [0.1, 0.15) is 10.9 Å². The van der Waals surface area contributed by atoms with Crippen LogP contribution in [0.3, 0.4) is 0 Å². The lowest BCUT2D eigenvalue weighted by molar-refractivity contribution is -0.122. The van der Waals surface area contributed by atoms with E-state index in [0.717, 1.165) is 30.4 Å². The molecule has 0 saturated carbocycles. The van der Waals surface area contributed by atoms with Crippen molar-refractivity contribution in [3.63, 3.8) is 0 Å². The van der Waals surface area contributed by atoms with Crippen molar-refractivity contribution in [2.75, 3.05) is 23.3 Å². The van der Waals surface area contributed by atoms with Gasteiger partial charge in [0.2, 0.25) is 5.91 Å². The molecular weight excluding hydrogens is 502 g/mol. The van der Waals surface area contributed by atoms with Gasteiger partial charge >= 0.3 is 0 Å². The third-order valence-electron chi connectivity index (χ3n) is 6.83. The predicted octanol–water partition coefficient (Wildman–Crippen LogP) is 6.22. The SMILES string of the molecule is CCCCCCCCN1C(=O)C(=C2C(=O)N(CC(=O)Nc3ccc(C)c(C)c3)c3ccccc32)SC1=S. The van der Waals surface area contributed by atoms with Gasteiger partial charge in [0.25, 0.3) is 11.8 Å². The number of thiocarbonyl (C=S) groups is 1. The number of fused-ring (bicyclic) bond motifs is 1. The molecular formula is C29H33N3O3S2. The summed E-state index contributed by atoms with van der Waals surface area (Å²) in [6.07, 6.45) is 6.71. The highest BCUT2D eigenvalue weighted by Crippen LogP contribution is 2.44. The van der Waals surface area contributed by atoms with Crippen LogP contribution < -0.4 is 10.2 Å². The summed E-state index contributed by atoms with van der Waals surface area (Å²) in [7, 11) is 0. The van der Waals surface area contributed by atoms with Gasteiger partial charge in [-0.2, -0.15) is 0 Å². The van der Waals surface area contributed by atoms with Crippen LogP contribution in [0.4, 0.5) is 11.4 Å². The quantitative estimate of drug-likeness (QED) is 0.222. The molecule has 2 heterocycles. The Morgan fingerprint density at radius 2 is 1.65 bits per heavy atom. The second-order valence-corrected chi connectivity index (χ2v) is 11.2. The Morgan fingerprint density at radius 3 is 2.41 bits per heavy atom. The minimum Gasteiger partial charge on any atom is -0.325 e. The van der Waals surface area contributed by atoms with Crippen molar-refractivity contribution in [1.82, 2.24) is 4.90 Å². The van der Waals surface area contributed by atoms with Crippen LogP contribution in [-0.4, -0.2) is 40.0 Å². The first-order valence-electron chi connectivity index (χ1n) is 12.9. The largest absolute Gasteiger partial charge is 0.325 e. The second kappa shape index (κ2) is 12.0. The molecule has 194 valence electrons. The highest BCUT2D eigenvalue weighted by atomic mass is 32.2. The van der Waals surface area contributed by atoms with Crippen LogP contribution >= 0.6 is 24.0 Å². The van der Waals surface area contributed by atoms with Crippen LogP contribution in [0.1, 0.15) is 62.1 Å². The van der Waals surface area contributed by atoms with Gasteiger partial charge in [0, 0.05) is 17.8 Å². The van der Waals surface area contributed by atoms with E-state index in [1.54, 1.807) is 11.0 Å². The molecule has 1 fully saturated rings. The van der Waals surface area contributed by atoms with E-state index in [-0.39, 0.29) is 24.3 Å². The summed E-state index contributed by atoms with van der Waals surface area (Å²) in [6.45, 7) is 6.60. The van der Waals surface area contributed by atoms with Crippen LogP contribution in [0.5, 0.6) is 0 Å². The van der Waals surface area contributed by atoms with Gasteiger partial charge in [-0.05, 0) is 49.6 Å². The summed E-state index contributed by atoms with van der Waals surface area (Å²) in [5.41, 5.74) is 4.51. The summed E-state index contributed by atoms with van der Waals surface area (Å²) in [5.74, 6) is -0.872. The number of nitrogens with one attached hydrogen (secondary N) is 1. The standard InChI is InChI=1S/C29H33N3O3S2/c1-4-5-6-7-8-11-16-31-28(35)26(37-29(31)36)25-22-12-9-10-13-23(22)32(27(25)34)18-24(33)30-21-15-14-19(2)20(3)17-21/h9-10,12-15,17H,4-8,11,16,18H2,1-3H3,(H,30,33). The summed E-state index contributed by atoms with van der Waals surface area (Å²) >= 11 is 6.71. The smallest absolute Gasteiger partial charge is 0.267 e. The maximum absolute atomic E-state index is 13.6. The lowest BCUT2D eigenvalue weighted by Crippen LogP contribution is -2.35. The van der Waals surface area contributed by atoms with E-state index in [1.807, 2.05) is 50.2 Å². The number of hydrogen-bond donors (Lipinski definition) is 1. The maximum Gasteiger partial charge on any atom is 0.267 e. The van der Waals surface area contributed by atoms with Crippen molar-refractivity contribution in [3.8, 4) is 0 Å². The third-order valence-corrected chi connectivity index (χ3v) is 8.28. The summed E-state index contributed by atoms with van der Waals surface area (Å²) in [5, 5.41) is 2.89. The van der Waals surface area contributed by atoms with Gasteiger partial charge in [-0.3, -0.25) is 24.2 Å². The minimum atomic E-state index is -0.350. The van der Waals surface area contributed by atoms with E-state index in [9.17, 15) is 14.4 Å². The second-order valence-electron chi connectivity index (χ2n) is 9.55. The zero-order valence-electron chi connectivity index (χ0n) is 21.6. The predicted molar refractivity (Wildman–Crippen MR) is 156 cm³/mol. The van der Waals surface area contributed by atoms with Crippen molar-refractivity contribution in [3.05, 3.63) is 64.1 Å². The van der Waals surface area contributed by atoms with E-state index < -0.39 is 0 Å². The number of amides is 3. The number of carbonyl (C=O) groups excluding carboxylic acids is 3. The Bertz CT molecular complexity index is 1270. The lowest BCUT2D eigenvalue weighted by atomic mass is 10.1. The van der Waals surface area contributed by atoms with Crippen molar-refractivity contribution in [2.45, 2.75) is 59.3 Å². The number of benzene rings is 2. The molecule has 0 radical (unpaired) electrons. The fraction of sp³-hybridized carbons (Fsp3) is 0.379. The molecule has 3 amide bonds. The topological polar surface area (TPSA) is 69.7 Å². The number of rotatable bonds is 10. The number of thioether (sulfide) groups is 1. The Morgan fingerprint density at radius 1 is 0.919 bits per heavy atom. The maximum atomic E-state index is 13.6.